The zero-order valence-electron chi connectivity index (χ0n) is 8.48. The molecule has 84 valence electrons. The standard InChI is InChI=1S/C11H9F2NO2/c1-16-11(15)8-4-9-3-2-7(10(12)13)5-14(9)6-8/h2-6,10H,1H3. The number of esters is 1. The molecule has 0 saturated heterocycles. The summed E-state index contributed by atoms with van der Waals surface area (Å²) in [5.41, 5.74) is 0.929. The van der Waals surface area contributed by atoms with Crippen molar-refractivity contribution in [2.24, 2.45) is 0 Å². The number of nitrogens with zero attached hydrogens (tertiary/aromatic N) is 1. The number of aromatic nitrogens is 1. The van der Waals surface area contributed by atoms with Crippen LogP contribution < -0.4 is 0 Å². The molecule has 16 heavy (non-hydrogen) atoms. The normalized spacial score (nSPS) is 11.0. The van der Waals surface area contributed by atoms with E-state index in [4.69, 9.17) is 0 Å². The molecule has 5 heteroatoms. The molecule has 2 aromatic heterocycles. The molecule has 0 N–H and O–H groups in total. The number of hydrogen-bond acceptors (Lipinski definition) is 2. The molecular formula is C11H9F2NO2. The molecule has 0 unspecified atom stereocenters. The number of rotatable bonds is 2. The highest BCUT2D eigenvalue weighted by Crippen LogP contribution is 2.20. The van der Waals surface area contributed by atoms with Gasteiger partial charge in [0.05, 0.1) is 12.7 Å². The third-order valence-corrected chi connectivity index (χ3v) is 2.29. The number of carbonyl (C=O) groups is 1. The van der Waals surface area contributed by atoms with Gasteiger partial charge in [0.25, 0.3) is 6.43 Å². The first-order chi connectivity index (χ1) is 7.61. The minimum absolute atomic E-state index is 0.0838. The van der Waals surface area contributed by atoms with Crippen LogP contribution in [0.25, 0.3) is 5.52 Å². The Balaban J connectivity index is 2.50. The van der Waals surface area contributed by atoms with Crippen molar-refractivity contribution in [3.8, 4) is 0 Å². The maximum atomic E-state index is 12.4. The average Bonchev–Trinajstić information content (AvgIpc) is 2.70. The van der Waals surface area contributed by atoms with Crippen LogP contribution in [0.2, 0.25) is 0 Å². The van der Waals surface area contributed by atoms with E-state index in [1.807, 2.05) is 0 Å². The molecule has 0 aliphatic carbocycles. The summed E-state index contributed by atoms with van der Waals surface area (Å²) in [5.74, 6) is -0.484. The van der Waals surface area contributed by atoms with Crippen molar-refractivity contribution in [1.82, 2.24) is 4.40 Å². The first-order valence-corrected chi connectivity index (χ1v) is 4.60. The highest BCUT2D eigenvalue weighted by molar-refractivity contribution is 5.91. The molecule has 0 aromatic carbocycles. The van der Waals surface area contributed by atoms with Gasteiger partial charge in [0.15, 0.2) is 0 Å². The lowest BCUT2D eigenvalue weighted by Crippen LogP contribution is -1.98. The zero-order valence-corrected chi connectivity index (χ0v) is 8.48. The summed E-state index contributed by atoms with van der Waals surface area (Å²) in [7, 11) is 1.27. The van der Waals surface area contributed by atoms with Crippen molar-refractivity contribution in [3.63, 3.8) is 0 Å². The Labute approximate surface area is 90.3 Å². The van der Waals surface area contributed by atoms with Gasteiger partial charge < -0.3 is 9.14 Å². The smallest absolute Gasteiger partial charge is 0.339 e. The van der Waals surface area contributed by atoms with Crippen molar-refractivity contribution >= 4 is 11.5 Å². The van der Waals surface area contributed by atoms with Gasteiger partial charge in [0.1, 0.15) is 0 Å². The van der Waals surface area contributed by atoms with Crippen molar-refractivity contribution < 1.29 is 18.3 Å². The van der Waals surface area contributed by atoms with Crippen LogP contribution in [-0.4, -0.2) is 17.5 Å². The summed E-state index contributed by atoms with van der Waals surface area (Å²) in [6, 6.07) is 4.45. The van der Waals surface area contributed by atoms with Gasteiger partial charge in [-0.15, -0.1) is 0 Å². The van der Waals surface area contributed by atoms with Gasteiger partial charge in [-0.2, -0.15) is 0 Å². The molecule has 0 aliphatic heterocycles. The summed E-state index contributed by atoms with van der Waals surface area (Å²) in [6.45, 7) is 0. The fourth-order valence-electron chi connectivity index (χ4n) is 1.49. The number of hydrogen-bond donors (Lipinski definition) is 0. The summed E-state index contributed by atoms with van der Waals surface area (Å²) < 4.78 is 30.9. The lowest BCUT2D eigenvalue weighted by atomic mass is 10.3. The molecular weight excluding hydrogens is 216 g/mol. The lowest BCUT2D eigenvalue weighted by Gasteiger charge is -2.00. The molecule has 3 nitrogen and oxygen atoms in total. The van der Waals surface area contributed by atoms with E-state index >= 15 is 0 Å². The Morgan fingerprint density at radius 3 is 2.75 bits per heavy atom. The number of ether oxygens (including phenoxy) is 1. The molecule has 2 heterocycles. The van der Waals surface area contributed by atoms with Crippen LogP contribution in [0.15, 0.2) is 30.6 Å². The van der Waals surface area contributed by atoms with Gasteiger partial charge in [0.2, 0.25) is 0 Å². The molecule has 0 amide bonds. The van der Waals surface area contributed by atoms with E-state index in [1.54, 1.807) is 6.07 Å². The number of carbonyl (C=O) groups excluding carboxylic acids is 1. The molecule has 0 spiro atoms. The average molecular weight is 225 g/mol. The van der Waals surface area contributed by atoms with Gasteiger partial charge in [-0.3, -0.25) is 0 Å². The van der Waals surface area contributed by atoms with Crippen molar-refractivity contribution in [1.29, 1.82) is 0 Å². The number of pyridine rings is 1. The third-order valence-electron chi connectivity index (χ3n) is 2.29. The van der Waals surface area contributed by atoms with Crippen molar-refractivity contribution in [3.05, 3.63) is 41.7 Å². The van der Waals surface area contributed by atoms with Crippen LogP contribution in [0.5, 0.6) is 0 Å². The van der Waals surface area contributed by atoms with Crippen LogP contribution in [0.3, 0.4) is 0 Å². The third kappa shape index (κ3) is 1.76. The number of methoxy groups -OCH3 is 1. The molecule has 0 saturated carbocycles. The lowest BCUT2D eigenvalue weighted by molar-refractivity contribution is 0.0601. The van der Waals surface area contributed by atoms with E-state index in [1.165, 1.54) is 36.0 Å². The second-order valence-corrected chi connectivity index (χ2v) is 3.32. The van der Waals surface area contributed by atoms with Gasteiger partial charge in [-0.25, -0.2) is 13.6 Å². The molecule has 0 aliphatic rings. The predicted octanol–water partition coefficient (Wildman–Crippen LogP) is 2.66. The van der Waals surface area contributed by atoms with Gasteiger partial charge in [-0.1, -0.05) is 0 Å². The van der Waals surface area contributed by atoms with Crippen LogP contribution >= 0.6 is 0 Å². The Bertz CT molecular complexity index is 534. The minimum Gasteiger partial charge on any atom is -0.465 e. The topological polar surface area (TPSA) is 30.7 Å². The highest BCUT2D eigenvalue weighted by atomic mass is 19.3. The second-order valence-electron chi connectivity index (χ2n) is 3.32. The first-order valence-electron chi connectivity index (χ1n) is 4.60. The van der Waals surface area contributed by atoms with E-state index in [-0.39, 0.29) is 5.56 Å². The zero-order chi connectivity index (χ0) is 11.7. The van der Waals surface area contributed by atoms with Crippen molar-refractivity contribution in [2.45, 2.75) is 6.43 Å². The van der Waals surface area contributed by atoms with E-state index < -0.39 is 12.4 Å². The Kier molecular flexibility index (Phi) is 2.60. The van der Waals surface area contributed by atoms with Gasteiger partial charge >= 0.3 is 5.97 Å². The van der Waals surface area contributed by atoms with E-state index in [0.29, 0.717) is 11.1 Å². The minimum atomic E-state index is -2.52. The summed E-state index contributed by atoms with van der Waals surface area (Å²) >= 11 is 0. The van der Waals surface area contributed by atoms with Crippen LogP contribution in [0.1, 0.15) is 22.3 Å². The fraction of sp³-hybridized carbons (Fsp3) is 0.182. The van der Waals surface area contributed by atoms with Crippen LogP contribution in [0.4, 0.5) is 8.78 Å². The van der Waals surface area contributed by atoms with Crippen LogP contribution in [-0.2, 0) is 4.74 Å². The Morgan fingerprint density at radius 1 is 1.38 bits per heavy atom. The first kappa shape index (κ1) is 10.6. The molecule has 0 radical (unpaired) electrons. The Morgan fingerprint density at radius 2 is 2.12 bits per heavy atom. The van der Waals surface area contributed by atoms with Gasteiger partial charge in [-0.05, 0) is 18.2 Å². The van der Waals surface area contributed by atoms with Gasteiger partial charge in [0, 0.05) is 23.5 Å². The summed E-state index contributed by atoms with van der Waals surface area (Å²) in [4.78, 5) is 11.2. The highest BCUT2D eigenvalue weighted by Gasteiger charge is 2.11. The maximum absolute atomic E-state index is 12.4. The van der Waals surface area contributed by atoms with Crippen molar-refractivity contribution in [2.75, 3.05) is 7.11 Å². The van der Waals surface area contributed by atoms with E-state index in [2.05, 4.69) is 4.74 Å². The molecule has 2 aromatic rings. The van der Waals surface area contributed by atoms with E-state index in [9.17, 15) is 13.6 Å². The molecule has 0 bridgehead atoms. The molecule has 2 rings (SSSR count). The predicted molar refractivity (Wildman–Crippen MR) is 53.7 cm³/mol. The number of halogens is 2. The summed E-state index contributed by atoms with van der Waals surface area (Å²) in [5, 5.41) is 0. The molecule has 0 fully saturated rings. The Hall–Kier alpha value is -1.91. The summed E-state index contributed by atoms with van der Waals surface area (Å²) in [6.07, 6.45) is 0.243. The maximum Gasteiger partial charge on any atom is 0.339 e. The molecule has 0 atom stereocenters. The monoisotopic (exact) mass is 225 g/mol. The largest absolute Gasteiger partial charge is 0.465 e. The number of alkyl halides is 2. The fourth-order valence-corrected chi connectivity index (χ4v) is 1.49. The SMILES string of the molecule is COC(=O)c1cc2ccc(C(F)F)cn2c1. The second kappa shape index (κ2) is 3.92. The van der Waals surface area contributed by atoms with E-state index in [0.717, 1.165) is 0 Å². The number of fused-ring (bicyclic) bond motifs is 1. The quantitative estimate of drug-likeness (QED) is 0.735. The van der Waals surface area contributed by atoms with Crippen LogP contribution in [0, 0.1) is 0 Å².